The number of hydrogen-bond donors (Lipinski definition) is 3. The van der Waals surface area contributed by atoms with Gasteiger partial charge in [0, 0.05) is 6.20 Å². The highest BCUT2D eigenvalue weighted by Crippen LogP contribution is 2.18. The summed E-state index contributed by atoms with van der Waals surface area (Å²) < 4.78 is 0. The third-order valence-corrected chi connectivity index (χ3v) is 1.98. The van der Waals surface area contributed by atoms with Gasteiger partial charge in [0.2, 0.25) is 5.91 Å². The molecule has 0 saturated carbocycles. The van der Waals surface area contributed by atoms with E-state index in [0.717, 1.165) is 0 Å². The van der Waals surface area contributed by atoms with Crippen LogP contribution < -0.4 is 11.1 Å². The van der Waals surface area contributed by atoms with Gasteiger partial charge >= 0.3 is 0 Å². The van der Waals surface area contributed by atoms with E-state index in [1.807, 2.05) is 20.8 Å². The van der Waals surface area contributed by atoms with Crippen molar-refractivity contribution in [1.82, 2.24) is 10.2 Å². The van der Waals surface area contributed by atoms with Crippen LogP contribution in [0.2, 0.25) is 0 Å². The zero-order chi connectivity index (χ0) is 10.8. The van der Waals surface area contributed by atoms with E-state index < -0.39 is 6.04 Å². The highest BCUT2D eigenvalue weighted by Gasteiger charge is 2.27. The van der Waals surface area contributed by atoms with Crippen molar-refractivity contribution in [2.75, 3.05) is 5.32 Å². The first-order chi connectivity index (χ1) is 6.41. The number of H-pyrrole nitrogens is 1. The maximum atomic E-state index is 11.6. The Morgan fingerprint density at radius 1 is 1.64 bits per heavy atom. The molecule has 1 heterocycles. The van der Waals surface area contributed by atoms with Crippen molar-refractivity contribution >= 4 is 11.6 Å². The fourth-order valence-electron chi connectivity index (χ4n) is 0.933. The standard InChI is InChI=1S/C9H16N4O/c1-9(2,3)7(10)8(14)13-6-4-11-12-5-6/h4-5,7H,10H2,1-3H3,(H,11,12)(H,13,14)/t7-/m1/s1. The number of carbonyl (C=O) groups is 1. The fourth-order valence-corrected chi connectivity index (χ4v) is 0.933. The van der Waals surface area contributed by atoms with Gasteiger partial charge in [-0.1, -0.05) is 20.8 Å². The first-order valence-corrected chi connectivity index (χ1v) is 4.46. The number of nitrogens with two attached hydrogens (primary N) is 1. The molecule has 0 aliphatic heterocycles. The fraction of sp³-hybridized carbons (Fsp3) is 0.556. The molecule has 0 aromatic carbocycles. The summed E-state index contributed by atoms with van der Waals surface area (Å²) >= 11 is 0. The highest BCUT2D eigenvalue weighted by molar-refractivity contribution is 5.94. The van der Waals surface area contributed by atoms with E-state index in [1.54, 1.807) is 6.20 Å². The Kier molecular flexibility index (Phi) is 2.90. The van der Waals surface area contributed by atoms with Crippen LogP contribution in [0, 0.1) is 5.41 Å². The number of nitrogens with one attached hydrogen (secondary N) is 2. The molecule has 1 amide bonds. The third kappa shape index (κ3) is 2.56. The minimum absolute atomic E-state index is 0.195. The lowest BCUT2D eigenvalue weighted by Crippen LogP contribution is -2.45. The Morgan fingerprint density at radius 2 is 2.29 bits per heavy atom. The number of amides is 1. The lowest BCUT2D eigenvalue weighted by Gasteiger charge is -2.25. The molecule has 0 bridgehead atoms. The number of anilines is 1. The second kappa shape index (κ2) is 3.79. The summed E-state index contributed by atoms with van der Waals surface area (Å²) in [5, 5.41) is 8.99. The molecule has 0 aliphatic carbocycles. The van der Waals surface area contributed by atoms with E-state index in [9.17, 15) is 4.79 Å². The molecule has 1 atom stereocenters. The second-order valence-corrected chi connectivity index (χ2v) is 4.32. The summed E-state index contributed by atoms with van der Waals surface area (Å²) in [6.07, 6.45) is 3.14. The van der Waals surface area contributed by atoms with Gasteiger partial charge < -0.3 is 11.1 Å². The molecule has 1 rings (SSSR count). The molecule has 0 saturated heterocycles. The molecule has 0 spiro atoms. The van der Waals surface area contributed by atoms with Crippen LogP contribution in [0.3, 0.4) is 0 Å². The van der Waals surface area contributed by atoms with Crippen molar-refractivity contribution in [3.63, 3.8) is 0 Å². The number of aromatic amines is 1. The molecular formula is C9H16N4O. The smallest absolute Gasteiger partial charge is 0.241 e. The number of hydrogen-bond acceptors (Lipinski definition) is 3. The highest BCUT2D eigenvalue weighted by atomic mass is 16.2. The predicted molar refractivity (Wildman–Crippen MR) is 54.6 cm³/mol. The minimum Gasteiger partial charge on any atom is -0.322 e. The topological polar surface area (TPSA) is 83.8 Å². The largest absolute Gasteiger partial charge is 0.322 e. The summed E-state index contributed by atoms with van der Waals surface area (Å²) in [4.78, 5) is 11.6. The molecule has 0 aliphatic rings. The Hall–Kier alpha value is -1.36. The molecule has 1 aromatic rings. The van der Waals surface area contributed by atoms with Crippen LogP contribution in [-0.4, -0.2) is 22.1 Å². The number of nitrogens with zero attached hydrogens (tertiary/aromatic N) is 1. The van der Waals surface area contributed by atoms with Crippen LogP contribution in [0.1, 0.15) is 20.8 Å². The summed E-state index contributed by atoms with van der Waals surface area (Å²) in [5.74, 6) is -0.195. The van der Waals surface area contributed by atoms with Gasteiger partial charge in [-0.15, -0.1) is 0 Å². The van der Waals surface area contributed by atoms with Crippen molar-refractivity contribution in [3.8, 4) is 0 Å². The molecule has 0 fully saturated rings. The second-order valence-electron chi connectivity index (χ2n) is 4.32. The van der Waals surface area contributed by atoms with Crippen LogP contribution in [0.15, 0.2) is 12.4 Å². The van der Waals surface area contributed by atoms with Crippen molar-refractivity contribution in [3.05, 3.63) is 12.4 Å². The Balaban J connectivity index is 2.59. The van der Waals surface area contributed by atoms with Crippen LogP contribution in [0.25, 0.3) is 0 Å². The molecule has 78 valence electrons. The zero-order valence-corrected chi connectivity index (χ0v) is 8.66. The van der Waals surface area contributed by atoms with Crippen LogP contribution in [-0.2, 0) is 4.79 Å². The van der Waals surface area contributed by atoms with Crippen LogP contribution >= 0.6 is 0 Å². The summed E-state index contributed by atoms with van der Waals surface area (Å²) in [5.41, 5.74) is 6.16. The van der Waals surface area contributed by atoms with Crippen molar-refractivity contribution < 1.29 is 4.79 Å². The normalized spacial score (nSPS) is 13.7. The maximum Gasteiger partial charge on any atom is 0.241 e. The Labute approximate surface area is 83.1 Å². The minimum atomic E-state index is -0.530. The van der Waals surface area contributed by atoms with Gasteiger partial charge in [0.25, 0.3) is 0 Å². The monoisotopic (exact) mass is 196 g/mol. The lowest BCUT2D eigenvalue weighted by molar-refractivity contribution is -0.119. The van der Waals surface area contributed by atoms with Gasteiger partial charge in [-0.25, -0.2) is 0 Å². The van der Waals surface area contributed by atoms with E-state index in [4.69, 9.17) is 5.73 Å². The summed E-state index contributed by atoms with van der Waals surface area (Å²) in [6.45, 7) is 5.77. The third-order valence-electron chi connectivity index (χ3n) is 1.98. The quantitative estimate of drug-likeness (QED) is 0.651. The molecule has 5 heteroatoms. The van der Waals surface area contributed by atoms with E-state index in [1.165, 1.54) is 6.20 Å². The predicted octanol–water partition coefficient (Wildman–Crippen LogP) is 0.722. The van der Waals surface area contributed by atoms with Crippen molar-refractivity contribution in [1.29, 1.82) is 0 Å². The summed E-state index contributed by atoms with van der Waals surface area (Å²) in [7, 11) is 0. The Morgan fingerprint density at radius 3 is 2.71 bits per heavy atom. The van der Waals surface area contributed by atoms with Crippen molar-refractivity contribution in [2.24, 2.45) is 11.1 Å². The van der Waals surface area contributed by atoms with Gasteiger partial charge in [-0.3, -0.25) is 9.89 Å². The average molecular weight is 196 g/mol. The molecule has 0 radical (unpaired) electrons. The first kappa shape index (κ1) is 10.7. The van der Waals surface area contributed by atoms with Gasteiger partial charge in [-0.05, 0) is 5.41 Å². The molecule has 5 nitrogen and oxygen atoms in total. The SMILES string of the molecule is CC(C)(C)[C@H](N)C(=O)Nc1cn[nH]c1. The maximum absolute atomic E-state index is 11.6. The number of aromatic nitrogens is 2. The first-order valence-electron chi connectivity index (χ1n) is 4.46. The van der Waals surface area contributed by atoms with Gasteiger partial charge in [0.15, 0.2) is 0 Å². The van der Waals surface area contributed by atoms with Crippen molar-refractivity contribution in [2.45, 2.75) is 26.8 Å². The van der Waals surface area contributed by atoms with Gasteiger partial charge in [-0.2, -0.15) is 5.10 Å². The van der Waals surface area contributed by atoms with E-state index >= 15 is 0 Å². The zero-order valence-electron chi connectivity index (χ0n) is 8.66. The Bertz CT molecular complexity index is 299. The molecule has 14 heavy (non-hydrogen) atoms. The molecule has 1 aromatic heterocycles. The lowest BCUT2D eigenvalue weighted by atomic mass is 9.87. The molecule has 4 N–H and O–H groups in total. The van der Waals surface area contributed by atoms with Crippen LogP contribution in [0.4, 0.5) is 5.69 Å². The van der Waals surface area contributed by atoms with E-state index in [0.29, 0.717) is 5.69 Å². The van der Waals surface area contributed by atoms with E-state index in [-0.39, 0.29) is 11.3 Å². The van der Waals surface area contributed by atoms with Gasteiger partial charge in [0.05, 0.1) is 17.9 Å². The number of rotatable bonds is 2. The van der Waals surface area contributed by atoms with E-state index in [2.05, 4.69) is 15.5 Å². The molecular weight excluding hydrogens is 180 g/mol. The number of carbonyl (C=O) groups excluding carboxylic acids is 1. The average Bonchev–Trinajstić information content (AvgIpc) is 2.53. The summed E-state index contributed by atoms with van der Waals surface area (Å²) in [6, 6.07) is -0.530. The van der Waals surface area contributed by atoms with Crippen LogP contribution in [0.5, 0.6) is 0 Å². The van der Waals surface area contributed by atoms with Gasteiger partial charge in [0.1, 0.15) is 0 Å². The molecule has 0 unspecified atom stereocenters.